The summed E-state index contributed by atoms with van der Waals surface area (Å²) in [5, 5.41) is 4.01. The van der Waals surface area contributed by atoms with E-state index in [1.165, 1.54) is 0 Å². The Bertz CT molecular complexity index is 599. The van der Waals surface area contributed by atoms with Gasteiger partial charge in [-0.3, -0.25) is 4.79 Å². The SMILES string of the molecule is CC(/C=C/c1ccco1)=N\NC(=O)Cc1ccccc1. The van der Waals surface area contributed by atoms with Gasteiger partial charge >= 0.3 is 0 Å². The van der Waals surface area contributed by atoms with Crippen molar-refractivity contribution in [1.82, 2.24) is 5.43 Å². The normalized spacial score (nSPS) is 11.8. The number of nitrogens with zero attached hydrogens (tertiary/aromatic N) is 1. The van der Waals surface area contributed by atoms with Crippen molar-refractivity contribution >= 4 is 17.7 Å². The molecule has 0 aliphatic rings. The molecule has 1 heterocycles. The maximum absolute atomic E-state index is 11.7. The number of carbonyl (C=O) groups is 1. The van der Waals surface area contributed by atoms with Crippen LogP contribution in [0.15, 0.2) is 64.3 Å². The molecule has 4 heteroatoms. The van der Waals surface area contributed by atoms with Crippen LogP contribution in [0.4, 0.5) is 0 Å². The number of hydrogen-bond donors (Lipinski definition) is 1. The molecule has 0 saturated heterocycles. The Hall–Kier alpha value is -2.62. The number of amides is 1. The summed E-state index contributed by atoms with van der Waals surface area (Å²) in [5.41, 5.74) is 4.19. The van der Waals surface area contributed by atoms with Crippen LogP contribution < -0.4 is 5.43 Å². The zero-order valence-corrected chi connectivity index (χ0v) is 11.2. The Morgan fingerprint density at radius 1 is 1.25 bits per heavy atom. The van der Waals surface area contributed by atoms with Crippen molar-refractivity contribution < 1.29 is 9.21 Å². The van der Waals surface area contributed by atoms with Gasteiger partial charge in [-0.1, -0.05) is 30.3 Å². The van der Waals surface area contributed by atoms with Gasteiger partial charge in [0.15, 0.2) is 0 Å². The topological polar surface area (TPSA) is 54.6 Å². The van der Waals surface area contributed by atoms with Crippen molar-refractivity contribution in [3.8, 4) is 0 Å². The van der Waals surface area contributed by atoms with Gasteiger partial charge in [-0.25, -0.2) is 5.43 Å². The Kier molecular flexibility index (Phi) is 4.89. The summed E-state index contributed by atoms with van der Waals surface area (Å²) in [7, 11) is 0. The summed E-state index contributed by atoms with van der Waals surface area (Å²) in [6.45, 7) is 1.81. The third kappa shape index (κ3) is 4.57. The molecular weight excluding hydrogens is 252 g/mol. The van der Waals surface area contributed by atoms with Crippen LogP contribution in [-0.2, 0) is 11.2 Å². The number of nitrogens with one attached hydrogen (secondary N) is 1. The van der Waals surface area contributed by atoms with Crippen molar-refractivity contribution in [2.75, 3.05) is 0 Å². The first kappa shape index (κ1) is 13.8. The lowest BCUT2D eigenvalue weighted by Crippen LogP contribution is -2.20. The predicted octanol–water partition coefficient (Wildman–Crippen LogP) is 3.03. The van der Waals surface area contributed by atoms with Gasteiger partial charge in [0.25, 0.3) is 0 Å². The lowest BCUT2D eigenvalue weighted by molar-refractivity contribution is -0.120. The second-order valence-corrected chi connectivity index (χ2v) is 4.30. The molecule has 1 amide bonds. The first-order valence-corrected chi connectivity index (χ1v) is 6.32. The summed E-state index contributed by atoms with van der Waals surface area (Å²) in [5.74, 6) is 0.608. The maximum Gasteiger partial charge on any atom is 0.244 e. The minimum Gasteiger partial charge on any atom is -0.465 e. The number of carbonyl (C=O) groups excluding carboxylic acids is 1. The number of allylic oxidation sites excluding steroid dienone is 1. The van der Waals surface area contributed by atoms with Crippen molar-refractivity contribution in [3.63, 3.8) is 0 Å². The molecule has 1 aromatic heterocycles. The summed E-state index contributed by atoms with van der Waals surface area (Å²) in [6.07, 6.45) is 5.50. The van der Waals surface area contributed by atoms with Crippen molar-refractivity contribution in [2.24, 2.45) is 5.10 Å². The Labute approximate surface area is 117 Å². The molecule has 0 unspecified atom stereocenters. The zero-order chi connectivity index (χ0) is 14.2. The fraction of sp³-hybridized carbons (Fsp3) is 0.125. The average Bonchev–Trinajstić information content (AvgIpc) is 2.97. The van der Waals surface area contributed by atoms with Crippen LogP contribution in [-0.4, -0.2) is 11.6 Å². The largest absolute Gasteiger partial charge is 0.465 e. The molecule has 0 spiro atoms. The van der Waals surface area contributed by atoms with E-state index in [1.54, 1.807) is 18.4 Å². The van der Waals surface area contributed by atoms with E-state index in [2.05, 4.69) is 10.5 Å². The van der Waals surface area contributed by atoms with E-state index < -0.39 is 0 Å². The summed E-state index contributed by atoms with van der Waals surface area (Å²) >= 11 is 0. The van der Waals surface area contributed by atoms with E-state index in [1.807, 2.05) is 49.4 Å². The number of rotatable bonds is 5. The molecule has 0 fully saturated rings. The molecule has 0 aliphatic heterocycles. The van der Waals surface area contributed by atoms with Crippen molar-refractivity contribution in [1.29, 1.82) is 0 Å². The molecular formula is C16H16N2O2. The fourth-order valence-corrected chi connectivity index (χ4v) is 1.60. The van der Waals surface area contributed by atoms with Crippen molar-refractivity contribution in [3.05, 3.63) is 66.1 Å². The highest BCUT2D eigenvalue weighted by atomic mass is 16.3. The number of furan rings is 1. The van der Waals surface area contributed by atoms with E-state index in [9.17, 15) is 4.79 Å². The fourth-order valence-electron chi connectivity index (χ4n) is 1.60. The van der Waals surface area contributed by atoms with E-state index in [4.69, 9.17) is 4.42 Å². The van der Waals surface area contributed by atoms with E-state index in [0.717, 1.165) is 11.3 Å². The van der Waals surface area contributed by atoms with Crippen LogP contribution >= 0.6 is 0 Å². The predicted molar refractivity (Wildman–Crippen MR) is 79.1 cm³/mol. The highest BCUT2D eigenvalue weighted by Gasteiger charge is 2.01. The minimum atomic E-state index is -0.137. The average molecular weight is 268 g/mol. The molecule has 102 valence electrons. The molecule has 2 aromatic rings. The molecule has 4 nitrogen and oxygen atoms in total. The van der Waals surface area contributed by atoms with Gasteiger partial charge in [0.1, 0.15) is 5.76 Å². The van der Waals surface area contributed by atoms with Gasteiger partial charge in [0.2, 0.25) is 5.91 Å². The molecule has 0 bridgehead atoms. The smallest absolute Gasteiger partial charge is 0.244 e. The number of hydrazone groups is 1. The van der Waals surface area contributed by atoms with E-state index >= 15 is 0 Å². The van der Waals surface area contributed by atoms with Gasteiger partial charge in [0.05, 0.1) is 18.4 Å². The van der Waals surface area contributed by atoms with E-state index in [-0.39, 0.29) is 5.91 Å². The van der Waals surface area contributed by atoms with E-state index in [0.29, 0.717) is 12.1 Å². The second kappa shape index (κ2) is 7.09. The monoisotopic (exact) mass is 268 g/mol. The molecule has 0 saturated carbocycles. The van der Waals surface area contributed by atoms with Gasteiger partial charge in [-0.15, -0.1) is 0 Å². The van der Waals surface area contributed by atoms with Crippen LogP contribution in [0, 0.1) is 0 Å². The number of benzene rings is 1. The first-order chi connectivity index (χ1) is 9.74. The van der Waals surface area contributed by atoms with Gasteiger partial charge in [-0.05, 0) is 36.8 Å². The van der Waals surface area contributed by atoms with Gasteiger partial charge in [0, 0.05) is 0 Å². The molecule has 1 N–H and O–H groups in total. The quantitative estimate of drug-likeness (QED) is 0.669. The maximum atomic E-state index is 11.7. The molecule has 0 atom stereocenters. The molecule has 1 aromatic carbocycles. The molecule has 20 heavy (non-hydrogen) atoms. The van der Waals surface area contributed by atoms with Gasteiger partial charge < -0.3 is 4.42 Å². The standard InChI is InChI=1S/C16H16N2O2/c1-13(9-10-15-8-5-11-20-15)17-18-16(19)12-14-6-3-2-4-7-14/h2-11H,12H2,1H3,(H,18,19)/b10-9+,17-13+. The van der Waals surface area contributed by atoms with Crippen LogP contribution in [0.3, 0.4) is 0 Å². The molecule has 2 rings (SSSR count). The summed E-state index contributed by atoms with van der Waals surface area (Å²) in [6, 6.07) is 13.2. The van der Waals surface area contributed by atoms with Crippen molar-refractivity contribution in [2.45, 2.75) is 13.3 Å². The lowest BCUT2D eigenvalue weighted by Gasteiger charge is -2.00. The molecule has 0 aliphatic carbocycles. The minimum absolute atomic E-state index is 0.137. The number of hydrogen-bond acceptors (Lipinski definition) is 3. The van der Waals surface area contributed by atoms with Crippen LogP contribution in [0.1, 0.15) is 18.2 Å². The highest BCUT2D eigenvalue weighted by molar-refractivity contribution is 5.96. The molecule has 0 radical (unpaired) electrons. The highest BCUT2D eigenvalue weighted by Crippen LogP contribution is 2.02. The Balaban J connectivity index is 1.84. The first-order valence-electron chi connectivity index (χ1n) is 6.32. The zero-order valence-electron chi connectivity index (χ0n) is 11.2. The Morgan fingerprint density at radius 2 is 2.05 bits per heavy atom. The van der Waals surface area contributed by atoms with Crippen LogP contribution in [0.5, 0.6) is 0 Å². The summed E-state index contributed by atoms with van der Waals surface area (Å²) < 4.78 is 5.16. The van der Waals surface area contributed by atoms with Gasteiger partial charge in [-0.2, -0.15) is 5.10 Å². The second-order valence-electron chi connectivity index (χ2n) is 4.30. The van der Waals surface area contributed by atoms with Crippen LogP contribution in [0.2, 0.25) is 0 Å². The third-order valence-electron chi connectivity index (χ3n) is 2.60. The summed E-state index contributed by atoms with van der Waals surface area (Å²) in [4.78, 5) is 11.7. The Morgan fingerprint density at radius 3 is 2.75 bits per heavy atom. The third-order valence-corrected chi connectivity index (χ3v) is 2.60. The lowest BCUT2D eigenvalue weighted by atomic mass is 10.1. The van der Waals surface area contributed by atoms with Crippen LogP contribution in [0.25, 0.3) is 6.08 Å².